The summed E-state index contributed by atoms with van der Waals surface area (Å²) >= 11 is 0. The third-order valence-electron chi connectivity index (χ3n) is 4.59. The fourth-order valence-corrected chi connectivity index (χ4v) is 1.70. The van der Waals surface area contributed by atoms with Gasteiger partial charge in [-0.2, -0.15) is 0 Å². The van der Waals surface area contributed by atoms with Crippen molar-refractivity contribution in [2.24, 2.45) is 11.1 Å². The van der Waals surface area contributed by atoms with Gasteiger partial charge in [0.25, 0.3) is 0 Å². The first-order chi connectivity index (χ1) is 7.56. The van der Waals surface area contributed by atoms with E-state index in [1.807, 2.05) is 27.7 Å². The van der Waals surface area contributed by atoms with Gasteiger partial charge in [0.1, 0.15) is 0 Å². The van der Waals surface area contributed by atoms with E-state index in [0.29, 0.717) is 0 Å². The van der Waals surface area contributed by atoms with Crippen LogP contribution in [-0.2, 0) is 4.79 Å². The third kappa shape index (κ3) is 3.44. The van der Waals surface area contributed by atoms with Crippen LogP contribution in [0.15, 0.2) is 0 Å². The standard InChI is InChI=1S/C14H30N2O/c1-8-14(9-2,10-3)16-11(17)12(4,5)13(6,7)15/h8-10,15H2,1-7H3,(H,16,17). The van der Waals surface area contributed by atoms with Crippen LogP contribution < -0.4 is 11.1 Å². The number of amides is 1. The van der Waals surface area contributed by atoms with Crippen molar-refractivity contribution in [3.8, 4) is 0 Å². The van der Waals surface area contributed by atoms with Gasteiger partial charge in [-0.05, 0) is 47.0 Å². The van der Waals surface area contributed by atoms with Crippen molar-refractivity contribution in [1.29, 1.82) is 0 Å². The summed E-state index contributed by atoms with van der Waals surface area (Å²) < 4.78 is 0. The van der Waals surface area contributed by atoms with Gasteiger partial charge in [0.15, 0.2) is 0 Å². The van der Waals surface area contributed by atoms with Crippen LogP contribution in [0.5, 0.6) is 0 Å². The molecule has 0 spiro atoms. The van der Waals surface area contributed by atoms with Crippen LogP contribution in [0.3, 0.4) is 0 Å². The van der Waals surface area contributed by atoms with Crippen LogP contribution in [0.2, 0.25) is 0 Å². The summed E-state index contributed by atoms with van der Waals surface area (Å²) in [4.78, 5) is 12.4. The van der Waals surface area contributed by atoms with Crippen molar-refractivity contribution < 1.29 is 4.79 Å². The maximum atomic E-state index is 12.4. The van der Waals surface area contributed by atoms with Gasteiger partial charge < -0.3 is 11.1 Å². The van der Waals surface area contributed by atoms with Crippen LogP contribution in [0.25, 0.3) is 0 Å². The summed E-state index contributed by atoms with van der Waals surface area (Å²) in [7, 11) is 0. The molecule has 0 radical (unpaired) electrons. The summed E-state index contributed by atoms with van der Waals surface area (Å²) in [6.07, 6.45) is 2.85. The second-order valence-corrected chi connectivity index (χ2v) is 6.14. The lowest BCUT2D eigenvalue weighted by Crippen LogP contribution is -2.60. The number of hydrogen-bond acceptors (Lipinski definition) is 2. The Labute approximate surface area is 107 Å². The molecule has 0 aliphatic carbocycles. The molecule has 0 aromatic rings. The minimum atomic E-state index is -0.572. The summed E-state index contributed by atoms with van der Waals surface area (Å²) in [6.45, 7) is 14.0. The molecular formula is C14H30N2O. The van der Waals surface area contributed by atoms with E-state index in [2.05, 4.69) is 26.1 Å². The molecule has 17 heavy (non-hydrogen) atoms. The Morgan fingerprint density at radius 2 is 1.35 bits per heavy atom. The van der Waals surface area contributed by atoms with Crippen LogP contribution >= 0.6 is 0 Å². The van der Waals surface area contributed by atoms with Gasteiger partial charge in [-0.1, -0.05) is 20.8 Å². The number of carbonyl (C=O) groups excluding carboxylic acids is 1. The van der Waals surface area contributed by atoms with Gasteiger partial charge in [0.05, 0.1) is 5.41 Å². The maximum absolute atomic E-state index is 12.4. The fraction of sp³-hybridized carbons (Fsp3) is 0.929. The van der Waals surface area contributed by atoms with Crippen LogP contribution in [-0.4, -0.2) is 17.0 Å². The molecule has 0 rings (SSSR count). The average Bonchev–Trinajstić information content (AvgIpc) is 2.24. The summed E-state index contributed by atoms with van der Waals surface area (Å²) in [5.74, 6) is 0.0514. The molecular weight excluding hydrogens is 212 g/mol. The van der Waals surface area contributed by atoms with E-state index in [4.69, 9.17) is 5.73 Å². The topological polar surface area (TPSA) is 55.1 Å². The van der Waals surface area contributed by atoms with Gasteiger partial charge in [-0.15, -0.1) is 0 Å². The number of rotatable bonds is 6. The highest BCUT2D eigenvalue weighted by Crippen LogP contribution is 2.30. The number of carbonyl (C=O) groups is 1. The zero-order chi connectivity index (χ0) is 13.9. The Bertz CT molecular complexity index is 252. The van der Waals surface area contributed by atoms with Crippen molar-refractivity contribution in [3.05, 3.63) is 0 Å². The van der Waals surface area contributed by atoms with E-state index in [0.717, 1.165) is 19.3 Å². The molecule has 0 aromatic heterocycles. The molecule has 0 aromatic carbocycles. The van der Waals surface area contributed by atoms with E-state index in [-0.39, 0.29) is 11.4 Å². The predicted molar refractivity (Wildman–Crippen MR) is 73.8 cm³/mol. The van der Waals surface area contributed by atoms with Crippen molar-refractivity contribution in [3.63, 3.8) is 0 Å². The van der Waals surface area contributed by atoms with Crippen LogP contribution in [0, 0.1) is 5.41 Å². The smallest absolute Gasteiger partial charge is 0.227 e. The van der Waals surface area contributed by atoms with Crippen LogP contribution in [0.1, 0.15) is 67.7 Å². The predicted octanol–water partition coefficient (Wildman–Crippen LogP) is 2.83. The SMILES string of the molecule is CCC(CC)(CC)NC(=O)C(C)(C)C(C)(C)N. The second-order valence-electron chi connectivity index (χ2n) is 6.14. The zero-order valence-electron chi connectivity index (χ0n) is 12.6. The molecule has 0 aliphatic rings. The van der Waals surface area contributed by atoms with E-state index >= 15 is 0 Å². The first-order valence-electron chi connectivity index (χ1n) is 6.67. The molecule has 0 heterocycles. The molecule has 0 atom stereocenters. The molecule has 102 valence electrons. The Kier molecular flexibility index (Phi) is 5.20. The molecule has 0 saturated heterocycles. The Hall–Kier alpha value is -0.570. The maximum Gasteiger partial charge on any atom is 0.227 e. The lowest BCUT2D eigenvalue weighted by Gasteiger charge is -2.41. The number of hydrogen-bond donors (Lipinski definition) is 2. The molecule has 0 bridgehead atoms. The molecule has 0 saturated carbocycles. The van der Waals surface area contributed by atoms with Gasteiger partial charge in [0.2, 0.25) is 5.91 Å². The van der Waals surface area contributed by atoms with E-state index in [9.17, 15) is 4.79 Å². The van der Waals surface area contributed by atoms with Crippen LogP contribution in [0.4, 0.5) is 0 Å². The van der Waals surface area contributed by atoms with Gasteiger partial charge in [0, 0.05) is 11.1 Å². The highest BCUT2D eigenvalue weighted by atomic mass is 16.2. The molecule has 3 nitrogen and oxygen atoms in total. The molecule has 1 amide bonds. The van der Waals surface area contributed by atoms with E-state index < -0.39 is 11.0 Å². The Morgan fingerprint density at radius 3 is 1.59 bits per heavy atom. The first kappa shape index (κ1) is 16.4. The van der Waals surface area contributed by atoms with E-state index in [1.165, 1.54) is 0 Å². The van der Waals surface area contributed by atoms with E-state index in [1.54, 1.807) is 0 Å². The van der Waals surface area contributed by atoms with Crippen molar-refractivity contribution >= 4 is 5.91 Å². The second kappa shape index (κ2) is 5.38. The van der Waals surface area contributed by atoms with Crippen molar-refractivity contribution in [2.45, 2.75) is 78.8 Å². The Balaban J connectivity index is 4.97. The third-order valence-corrected chi connectivity index (χ3v) is 4.59. The summed E-state index contributed by atoms with van der Waals surface area (Å²) in [6, 6.07) is 0. The van der Waals surface area contributed by atoms with Gasteiger partial charge in [-0.25, -0.2) is 0 Å². The van der Waals surface area contributed by atoms with Crippen molar-refractivity contribution in [2.75, 3.05) is 0 Å². The molecule has 0 fully saturated rings. The minimum absolute atomic E-state index is 0.0514. The first-order valence-corrected chi connectivity index (χ1v) is 6.67. The molecule has 0 unspecified atom stereocenters. The highest BCUT2D eigenvalue weighted by molar-refractivity contribution is 5.84. The lowest BCUT2D eigenvalue weighted by atomic mass is 9.73. The number of nitrogens with one attached hydrogen (secondary N) is 1. The Morgan fingerprint density at radius 1 is 1.00 bits per heavy atom. The quantitative estimate of drug-likeness (QED) is 0.752. The van der Waals surface area contributed by atoms with Crippen molar-refractivity contribution in [1.82, 2.24) is 5.32 Å². The monoisotopic (exact) mass is 242 g/mol. The summed E-state index contributed by atoms with van der Waals surface area (Å²) in [5, 5.41) is 3.21. The lowest BCUT2D eigenvalue weighted by molar-refractivity contribution is -0.134. The molecule has 3 heteroatoms. The molecule has 3 N–H and O–H groups in total. The molecule has 0 aliphatic heterocycles. The largest absolute Gasteiger partial charge is 0.350 e. The summed E-state index contributed by atoms with van der Waals surface area (Å²) in [5.41, 5.74) is 4.91. The minimum Gasteiger partial charge on any atom is -0.350 e. The normalized spacial score (nSPS) is 13.6. The van der Waals surface area contributed by atoms with Gasteiger partial charge >= 0.3 is 0 Å². The highest BCUT2D eigenvalue weighted by Gasteiger charge is 2.42. The number of nitrogens with two attached hydrogens (primary N) is 1. The van der Waals surface area contributed by atoms with Gasteiger partial charge in [-0.3, -0.25) is 4.79 Å². The fourth-order valence-electron chi connectivity index (χ4n) is 1.70. The average molecular weight is 242 g/mol. The zero-order valence-corrected chi connectivity index (χ0v) is 12.6.